The van der Waals surface area contributed by atoms with E-state index in [0.29, 0.717) is 5.75 Å². The van der Waals surface area contributed by atoms with Crippen LogP contribution >= 0.6 is 0 Å². The summed E-state index contributed by atoms with van der Waals surface area (Å²) >= 11 is -0.0979. The van der Waals surface area contributed by atoms with Crippen LogP contribution in [0.4, 0.5) is 0 Å². The third-order valence-electron chi connectivity index (χ3n) is 1.44. The molecule has 0 aliphatic heterocycles. The molecule has 0 atom stereocenters. The van der Waals surface area contributed by atoms with Gasteiger partial charge in [0.25, 0.3) is 0 Å². The summed E-state index contributed by atoms with van der Waals surface area (Å²) in [6, 6.07) is 7.72. The zero-order valence-electron chi connectivity index (χ0n) is 5.24. The second kappa shape index (κ2) is 2.30. The van der Waals surface area contributed by atoms with Gasteiger partial charge in [0.2, 0.25) is 0 Å². The van der Waals surface area contributed by atoms with Gasteiger partial charge in [-0.15, -0.1) is 0 Å². The Bertz CT molecular complexity index is 351. The molecule has 1 aromatic heterocycles. The predicted molar refractivity (Wildman–Crippen MR) is 42.6 cm³/mol. The van der Waals surface area contributed by atoms with Crippen LogP contribution in [0.2, 0.25) is 0 Å². The van der Waals surface area contributed by atoms with E-state index in [4.69, 9.17) is 5.11 Å². The molecule has 0 fully saturated rings. The number of aromatic hydroxyl groups is 1. The first-order valence-corrected chi connectivity index (χ1v) is 5.53. The van der Waals surface area contributed by atoms with Crippen LogP contribution in [-0.2, 0) is 0 Å². The van der Waals surface area contributed by atoms with Gasteiger partial charge in [-0.2, -0.15) is 0 Å². The van der Waals surface area contributed by atoms with Gasteiger partial charge < -0.3 is 0 Å². The van der Waals surface area contributed by atoms with Gasteiger partial charge in [-0.25, -0.2) is 0 Å². The van der Waals surface area contributed by atoms with Gasteiger partial charge in [0, 0.05) is 0 Å². The molecular weight excluding hydrogens is 240 g/mol. The zero-order valence-corrected chi connectivity index (χ0v) is 7.57. The average molecular weight is 246 g/mol. The molecule has 0 saturated heterocycles. The van der Waals surface area contributed by atoms with E-state index in [9.17, 15) is 0 Å². The second-order valence-electron chi connectivity index (χ2n) is 2.14. The molecule has 0 radical (unpaired) electrons. The van der Waals surface area contributed by atoms with E-state index in [1.807, 2.05) is 12.1 Å². The topological polar surface area (TPSA) is 20.2 Å². The molecule has 1 nitrogen and oxygen atoms in total. The third-order valence-corrected chi connectivity index (χ3v) is 3.95. The first-order chi connectivity index (χ1) is 4.86. The summed E-state index contributed by atoms with van der Waals surface area (Å²) in [7, 11) is 0. The Morgan fingerprint density at radius 3 is 3.00 bits per heavy atom. The van der Waals surface area contributed by atoms with Crippen molar-refractivity contribution in [2.45, 2.75) is 0 Å². The Hall–Kier alpha value is -0.450. The number of phenols is 1. The van der Waals surface area contributed by atoms with Crippen LogP contribution in [0, 0.1) is 0 Å². The van der Waals surface area contributed by atoms with Crippen LogP contribution in [0.3, 0.4) is 0 Å². The van der Waals surface area contributed by atoms with Crippen molar-refractivity contribution in [3.63, 3.8) is 0 Å². The Morgan fingerprint density at radius 1 is 1.20 bits per heavy atom. The van der Waals surface area contributed by atoms with E-state index in [2.05, 4.69) is 10.1 Å². The molecule has 0 unspecified atom stereocenters. The molecule has 2 rings (SSSR count). The maximum absolute atomic E-state index is 9.09. The van der Waals surface area contributed by atoms with Crippen molar-refractivity contribution in [3.05, 3.63) is 28.3 Å². The van der Waals surface area contributed by atoms with E-state index < -0.39 is 0 Å². The summed E-state index contributed by atoms with van der Waals surface area (Å²) in [4.78, 5) is 0. The molecule has 2 heteroatoms. The van der Waals surface area contributed by atoms with Gasteiger partial charge in [0.15, 0.2) is 0 Å². The van der Waals surface area contributed by atoms with E-state index in [0.717, 1.165) is 0 Å². The molecule has 0 spiro atoms. The molecule has 0 aliphatic carbocycles. The first kappa shape index (κ1) is 6.27. The Morgan fingerprint density at radius 2 is 2.10 bits per heavy atom. The average Bonchev–Trinajstić information content (AvgIpc) is 2.33. The molecule has 0 amide bonds. The maximum atomic E-state index is 9.09. The number of fused-ring (bicyclic) bond motifs is 1. The molecule has 0 bridgehead atoms. The molecule has 1 aromatic carbocycles. The number of hydrogen-bond donors (Lipinski definition) is 1. The van der Waals surface area contributed by atoms with Gasteiger partial charge in [-0.1, -0.05) is 0 Å². The summed E-state index contributed by atoms with van der Waals surface area (Å²) in [6.45, 7) is 0. The number of rotatable bonds is 0. The van der Waals surface area contributed by atoms with Crippen LogP contribution in [-0.4, -0.2) is 25.5 Å². The van der Waals surface area contributed by atoms with E-state index in [1.54, 1.807) is 6.07 Å². The SMILES string of the molecule is Oc1ccc2cc[te]c2c1. The third kappa shape index (κ3) is 0.941. The van der Waals surface area contributed by atoms with Crippen molar-refractivity contribution in [1.82, 2.24) is 0 Å². The summed E-state index contributed by atoms with van der Waals surface area (Å²) in [5, 5.41) is 10.4. The van der Waals surface area contributed by atoms with Crippen LogP contribution in [0.1, 0.15) is 0 Å². The van der Waals surface area contributed by atoms with Crippen molar-refractivity contribution in [3.8, 4) is 5.75 Å². The fraction of sp³-hybridized carbons (Fsp3) is 0. The van der Waals surface area contributed by atoms with Gasteiger partial charge in [0.1, 0.15) is 0 Å². The van der Waals surface area contributed by atoms with Crippen LogP contribution < -0.4 is 0 Å². The van der Waals surface area contributed by atoms with Gasteiger partial charge in [-0.05, 0) is 0 Å². The summed E-state index contributed by atoms with van der Waals surface area (Å²) in [5.74, 6) is 0.396. The first-order valence-electron chi connectivity index (χ1n) is 3.02. The van der Waals surface area contributed by atoms with E-state index >= 15 is 0 Å². The number of benzene rings is 1. The molecular formula is C8H6OTe. The van der Waals surface area contributed by atoms with E-state index in [1.165, 1.54) is 8.79 Å². The normalized spacial score (nSPS) is 10.4. The van der Waals surface area contributed by atoms with Crippen molar-refractivity contribution >= 4 is 29.2 Å². The molecule has 50 valence electrons. The minimum atomic E-state index is -0.0979. The van der Waals surface area contributed by atoms with Crippen LogP contribution in [0.5, 0.6) is 5.75 Å². The summed E-state index contributed by atoms with van der Waals surface area (Å²) in [5.41, 5.74) is 0. The zero-order chi connectivity index (χ0) is 6.97. The van der Waals surface area contributed by atoms with Crippen LogP contribution in [0.25, 0.3) is 8.79 Å². The Kier molecular flexibility index (Phi) is 1.44. The van der Waals surface area contributed by atoms with Gasteiger partial charge in [-0.3, -0.25) is 0 Å². The molecule has 1 heterocycles. The van der Waals surface area contributed by atoms with Crippen molar-refractivity contribution in [1.29, 1.82) is 0 Å². The summed E-state index contributed by atoms with van der Waals surface area (Å²) < 4.78 is 3.58. The fourth-order valence-corrected chi connectivity index (χ4v) is 3.29. The van der Waals surface area contributed by atoms with Crippen LogP contribution in [0.15, 0.2) is 28.3 Å². The van der Waals surface area contributed by atoms with Gasteiger partial charge >= 0.3 is 68.4 Å². The predicted octanol–water partition coefficient (Wildman–Crippen LogP) is 1.60. The number of hydrogen-bond acceptors (Lipinski definition) is 1. The van der Waals surface area contributed by atoms with Crippen molar-refractivity contribution in [2.24, 2.45) is 0 Å². The number of phenolic OH excluding ortho intramolecular Hbond substituents is 1. The molecule has 0 aliphatic rings. The fourth-order valence-electron chi connectivity index (χ4n) is 0.943. The monoisotopic (exact) mass is 248 g/mol. The molecule has 1 N–H and O–H groups in total. The minimum absolute atomic E-state index is 0.0979. The molecule has 0 saturated carbocycles. The summed E-state index contributed by atoms with van der Waals surface area (Å²) in [6.07, 6.45) is 0. The second-order valence-corrected chi connectivity index (χ2v) is 4.85. The van der Waals surface area contributed by atoms with Gasteiger partial charge in [0.05, 0.1) is 0 Å². The standard InChI is InChI=1S/C8H6OTe/c9-7-2-1-6-3-4-10-8(6)5-7/h1-5,9H. The Labute approximate surface area is 68.5 Å². The molecule has 2 aromatic rings. The van der Waals surface area contributed by atoms with E-state index in [-0.39, 0.29) is 20.4 Å². The quantitative estimate of drug-likeness (QED) is 0.699. The Balaban J connectivity index is 2.86. The van der Waals surface area contributed by atoms with Crippen molar-refractivity contribution < 1.29 is 5.11 Å². The van der Waals surface area contributed by atoms with Crippen molar-refractivity contribution in [2.75, 3.05) is 0 Å². The molecule has 10 heavy (non-hydrogen) atoms.